The predicted octanol–water partition coefficient (Wildman–Crippen LogP) is 5.48. The minimum absolute atomic E-state index is 0.280. The molecular formula is C23H20FN3O2. The first kappa shape index (κ1) is 18.7. The number of ether oxygens (including phenoxy) is 1. The third-order valence-electron chi connectivity index (χ3n) is 4.40. The van der Waals surface area contributed by atoms with Crippen molar-refractivity contribution < 1.29 is 13.5 Å². The van der Waals surface area contributed by atoms with Crippen LogP contribution >= 0.6 is 0 Å². The van der Waals surface area contributed by atoms with Gasteiger partial charge in [0.2, 0.25) is 11.8 Å². The second-order valence-corrected chi connectivity index (χ2v) is 6.37. The predicted molar refractivity (Wildman–Crippen MR) is 109 cm³/mol. The number of aromatic nitrogens is 2. The Hall–Kier alpha value is -3.67. The van der Waals surface area contributed by atoms with Crippen molar-refractivity contribution in [3.05, 3.63) is 96.1 Å². The largest absolute Gasteiger partial charge is 0.494 e. The zero-order valence-corrected chi connectivity index (χ0v) is 15.9. The number of hydrogen-bond acceptors (Lipinski definition) is 5. The van der Waals surface area contributed by atoms with Crippen LogP contribution in [-0.4, -0.2) is 16.8 Å². The molecule has 3 aromatic carbocycles. The second-order valence-electron chi connectivity index (χ2n) is 6.37. The van der Waals surface area contributed by atoms with Crippen LogP contribution in [0.1, 0.15) is 24.4 Å². The fraction of sp³-hybridized carbons (Fsp3) is 0.130. The van der Waals surface area contributed by atoms with Gasteiger partial charge in [-0.2, -0.15) is 0 Å². The summed E-state index contributed by atoms with van der Waals surface area (Å²) in [6.07, 6.45) is 0. The van der Waals surface area contributed by atoms with Gasteiger partial charge < -0.3 is 14.5 Å². The third kappa shape index (κ3) is 4.27. The summed E-state index contributed by atoms with van der Waals surface area (Å²) in [5.74, 6) is 1.08. The van der Waals surface area contributed by atoms with Crippen molar-refractivity contribution >= 4 is 5.69 Å². The zero-order valence-electron chi connectivity index (χ0n) is 15.9. The zero-order chi connectivity index (χ0) is 20.1. The first-order valence-corrected chi connectivity index (χ1v) is 9.37. The van der Waals surface area contributed by atoms with Crippen LogP contribution in [0.25, 0.3) is 11.5 Å². The highest BCUT2D eigenvalue weighted by atomic mass is 19.1. The summed E-state index contributed by atoms with van der Waals surface area (Å²) in [6.45, 7) is 2.52. The van der Waals surface area contributed by atoms with E-state index < -0.39 is 6.04 Å². The van der Waals surface area contributed by atoms with Gasteiger partial charge in [-0.3, -0.25) is 0 Å². The molecule has 1 aromatic heterocycles. The molecule has 4 aromatic rings. The number of halogens is 1. The highest BCUT2D eigenvalue weighted by Gasteiger charge is 2.24. The summed E-state index contributed by atoms with van der Waals surface area (Å²) in [6, 6.07) is 22.8. The molecule has 0 aliphatic rings. The van der Waals surface area contributed by atoms with Gasteiger partial charge in [-0.25, -0.2) is 4.39 Å². The molecule has 4 rings (SSSR count). The molecule has 5 nitrogen and oxygen atoms in total. The van der Waals surface area contributed by atoms with Gasteiger partial charge in [-0.05, 0) is 49.4 Å². The van der Waals surface area contributed by atoms with Gasteiger partial charge >= 0.3 is 0 Å². The van der Waals surface area contributed by atoms with E-state index >= 15 is 0 Å². The maximum atomic E-state index is 14.6. The quantitative estimate of drug-likeness (QED) is 0.454. The molecule has 0 aliphatic heterocycles. The number of benzene rings is 3. The van der Waals surface area contributed by atoms with Crippen LogP contribution in [0.4, 0.5) is 10.1 Å². The molecule has 0 bridgehead atoms. The fourth-order valence-corrected chi connectivity index (χ4v) is 3.01. The van der Waals surface area contributed by atoms with Gasteiger partial charge in [0.1, 0.15) is 17.6 Å². The van der Waals surface area contributed by atoms with Gasteiger partial charge in [0, 0.05) is 16.8 Å². The summed E-state index contributed by atoms with van der Waals surface area (Å²) in [7, 11) is 0. The van der Waals surface area contributed by atoms with Gasteiger partial charge in [0.25, 0.3) is 0 Å². The maximum Gasteiger partial charge on any atom is 0.247 e. The summed E-state index contributed by atoms with van der Waals surface area (Å²) in [4.78, 5) is 0. The van der Waals surface area contributed by atoms with Crippen LogP contribution in [0.2, 0.25) is 0 Å². The standard InChI is InChI=1S/C23H20FN3O2/c1-2-28-18-14-12-17(13-15-18)25-21(19-10-6-7-11-20(19)24)23-27-26-22(29-23)16-8-4-3-5-9-16/h3-15,21,25H,2H2,1H3. The molecule has 1 atom stereocenters. The molecule has 1 unspecified atom stereocenters. The maximum absolute atomic E-state index is 14.6. The lowest BCUT2D eigenvalue weighted by atomic mass is 10.1. The third-order valence-corrected chi connectivity index (χ3v) is 4.40. The highest BCUT2D eigenvalue weighted by molar-refractivity contribution is 5.53. The number of nitrogens with zero attached hydrogens (tertiary/aromatic N) is 2. The van der Waals surface area contributed by atoms with Crippen molar-refractivity contribution in [1.29, 1.82) is 0 Å². The van der Waals surface area contributed by atoms with E-state index in [0.29, 0.717) is 18.1 Å². The molecule has 29 heavy (non-hydrogen) atoms. The molecule has 146 valence electrons. The molecule has 0 saturated heterocycles. The van der Waals surface area contributed by atoms with Crippen molar-refractivity contribution in [1.82, 2.24) is 10.2 Å². The van der Waals surface area contributed by atoms with Crippen LogP contribution in [0.3, 0.4) is 0 Å². The minimum Gasteiger partial charge on any atom is -0.494 e. The normalized spacial score (nSPS) is 11.8. The SMILES string of the molecule is CCOc1ccc(NC(c2nnc(-c3ccccc3)o2)c2ccccc2F)cc1. The van der Waals surface area contributed by atoms with Crippen molar-refractivity contribution in [2.24, 2.45) is 0 Å². The molecule has 1 N–H and O–H groups in total. The Morgan fingerprint density at radius 1 is 0.931 bits per heavy atom. The Morgan fingerprint density at radius 2 is 1.66 bits per heavy atom. The lowest BCUT2D eigenvalue weighted by Gasteiger charge is -2.18. The van der Waals surface area contributed by atoms with E-state index in [1.807, 2.05) is 61.5 Å². The number of hydrogen-bond donors (Lipinski definition) is 1. The van der Waals surface area contributed by atoms with Crippen LogP contribution in [0, 0.1) is 5.82 Å². The Bertz CT molecular complexity index is 1060. The fourth-order valence-electron chi connectivity index (χ4n) is 3.01. The lowest BCUT2D eigenvalue weighted by molar-refractivity contribution is 0.340. The van der Waals surface area contributed by atoms with Crippen molar-refractivity contribution in [2.75, 3.05) is 11.9 Å². The van der Waals surface area contributed by atoms with E-state index in [-0.39, 0.29) is 11.7 Å². The molecule has 1 heterocycles. The van der Waals surface area contributed by atoms with Crippen LogP contribution < -0.4 is 10.1 Å². The van der Waals surface area contributed by atoms with Gasteiger partial charge in [0.05, 0.1) is 6.61 Å². The average molecular weight is 389 g/mol. The van der Waals surface area contributed by atoms with Crippen molar-refractivity contribution in [3.8, 4) is 17.2 Å². The van der Waals surface area contributed by atoms with E-state index in [1.165, 1.54) is 6.07 Å². The van der Waals surface area contributed by atoms with E-state index in [2.05, 4.69) is 15.5 Å². The number of anilines is 1. The van der Waals surface area contributed by atoms with E-state index in [0.717, 1.165) is 17.0 Å². The molecule has 0 spiro atoms. The molecule has 0 radical (unpaired) electrons. The monoisotopic (exact) mass is 389 g/mol. The van der Waals surface area contributed by atoms with Crippen LogP contribution in [0.15, 0.2) is 83.3 Å². The number of rotatable bonds is 7. The van der Waals surface area contributed by atoms with Crippen LogP contribution in [0.5, 0.6) is 5.75 Å². The lowest BCUT2D eigenvalue weighted by Crippen LogP contribution is -2.14. The molecule has 0 aliphatic carbocycles. The second kappa shape index (κ2) is 8.56. The summed E-state index contributed by atoms with van der Waals surface area (Å²) < 4.78 is 26.0. The first-order valence-electron chi connectivity index (χ1n) is 9.37. The van der Waals surface area contributed by atoms with Crippen LogP contribution in [-0.2, 0) is 0 Å². The average Bonchev–Trinajstić information content (AvgIpc) is 3.25. The Kier molecular flexibility index (Phi) is 5.52. The first-order chi connectivity index (χ1) is 14.2. The molecule has 0 fully saturated rings. The molecule has 0 amide bonds. The van der Waals surface area contributed by atoms with Gasteiger partial charge in [-0.15, -0.1) is 10.2 Å². The molecular weight excluding hydrogens is 369 g/mol. The summed E-state index contributed by atoms with van der Waals surface area (Å²) >= 11 is 0. The minimum atomic E-state index is -0.640. The topological polar surface area (TPSA) is 60.2 Å². The summed E-state index contributed by atoms with van der Waals surface area (Å²) in [5, 5.41) is 11.6. The highest BCUT2D eigenvalue weighted by Crippen LogP contribution is 2.30. The Balaban J connectivity index is 1.68. The van der Waals surface area contributed by atoms with Gasteiger partial charge in [0.15, 0.2) is 0 Å². The Morgan fingerprint density at radius 3 is 2.38 bits per heavy atom. The van der Waals surface area contributed by atoms with Gasteiger partial charge in [-0.1, -0.05) is 36.4 Å². The number of nitrogens with one attached hydrogen (secondary N) is 1. The molecule has 0 saturated carbocycles. The smallest absolute Gasteiger partial charge is 0.247 e. The Labute approximate surface area is 168 Å². The van der Waals surface area contributed by atoms with E-state index in [1.54, 1.807) is 18.2 Å². The summed E-state index contributed by atoms with van der Waals surface area (Å²) in [5.41, 5.74) is 2.01. The van der Waals surface area contributed by atoms with E-state index in [9.17, 15) is 4.39 Å². The molecule has 6 heteroatoms. The van der Waals surface area contributed by atoms with Crippen molar-refractivity contribution in [2.45, 2.75) is 13.0 Å². The van der Waals surface area contributed by atoms with E-state index in [4.69, 9.17) is 9.15 Å². The van der Waals surface area contributed by atoms with Crippen molar-refractivity contribution in [3.63, 3.8) is 0 Å².